The minimum absolute atomic E-state index is 0.161. The second kappa shape index (κ2) is 5.95. The first-order valence-corrected chi connectivity index (χ1v) is 8.98. The van der Waals surface area contributed by atoms with Crippen LogP contribution in [-0.2, 0) is 0 Å². The van der Waals surface area contributed by atoms with Gasteiger partial charge in [0.2, 0.25) is 0 Å². The van der Waals surface area contributed by atoms with E-state index in [-0.39, 0.29) is 29.8 Å². The lowest BCUT2D eigenvalue weighted by Crippen LogP contribution is -2.53. The molecule has 2 aliphatic carbocycles. The van der Waals surface area contributed by atoms with Crippen LogP contribution in [0, 0.1) is 11.8 Å². The van der Waals surface area contributed by atoms with E-state index in [1.54, 1.807) is 18.2 Å². The van der Waals surface area contributed by atoms with Crippen LogP contribution in [0.15, 0.2) is 18.2 Å². The summed E-state index contributed by atoms with van der Waals surface area (Å²) >= 11 is 0. The number of nitrogens with one attached hydrogen (secondary N) is 1. The minimum Gasteiger partial charge on any atom is -0.349 e. The van der Waals surface area contributed by atoms with E-state index >= 15 is 0 Å². The lowest BCUT2D eigenvalue weighted by molar-refractivity contribution is 0.0692. The summed E-state index contributed by atoms with van der Waals surface area (Å²) < 4.78 is 0. The number of benzene rings is 1. The highest BCUT2D eigenvalue weighted by atomic mass is 16.2. The fraction of sp³-hybridized carbons (Fsp3) is 0.526. The third-order valence-corrected chi connectivity index (χ3v) is 6.03. The van der Waals surface area contributed by atoms with Crippen LogP contribution < -0.4 is 11.1 Å². The molecular weight excluding hydrogens is 318 g/mol. The smallest absolute Gasteiger partial charge is 0.261 e. The van der Waals surface area contributed by atoms with Crippen molar-refractivity contribution >= 4 is 17.7 Å². The fourth-order valence-electron chi connectivity index (χ4n) is 4.76. The maximum Gasteiger partial charge on any atom is 0.261 e. The van der Waals surface area contributed by atoms with Gasteiger partial charge in [0.25, 0.3) is 17.7 Å². The van der Waals surface area contributed by atoms with Crippen molar-refractivity contribution in [3.8, 4) is 0 Å². The van der Waals surface area contributed by atoms with Crippen molar-refractivity contribution in [3.05, 3.63) is 34.9 Å². The summed E-state index contributed by atoms with van der Waals surface area (Å²) in [7, 11) is 1.46. The summed E-state index contributed by atoms with van der Waals surface area (Å²) in [6.07, 6.45) is 5.34. The number of rotatable bonds is 2. The van der Waals surface area contributed by atoms with Gasteiger partial charge in [-0.1, -0.05) is 6.42 Å². The number of hydrogen-bond acceptors (Lipinski definition) is 4. The molecule has 0 saturated heterocycles. The minimum atomic E-state index is -0.352. The molecule has 4 rings (SSSR count). The Kier molecular flexibility index (Phi) is 3.87. The normalized spacial score (nSPS) is 31.0. The number of nitrogens with two attached hydrogens (primary N) is 1. The number of hydrogen-bond donors (Lipinski definition) is 2. The van der Waals surface area contributed by atoms with Crippen molar-refractivity contribution in [2.24, 2.45) is 17.6 Å². The Morgan fingerprint density at radius 2 is 1.76 bits per heavy atom. The molecule has 2 unspecified atom stereocenters. The van der Waals surface area contributed by atoms with Gasteiger partial charge in [-0.3, -0.25) is 19.3 Å². The Morgan fingerprint density at radius 3 is 2.44 bits per heavy atom. The highest BCUT2D eigenvalue weighted by Gasteiger charge is 2.40. The van der Waals surface area contributed by atoms with Crippen LogP contribution in [0.4, 0.5) is 0 Å². The summed E-state index contributed by atoms with van der Waals surface area (Å²) in [5.41, 5.74) is 7.26. The summed E-state index contributed by atoms with van der Waals surface area (Å²) in [5.74, 6) is 0.0401. The van der Waals surface area contributed by atoms with E-state index in [0.29, 0.717) is 28.5 Å². The van der Waals surface area contributed by atoms with E-state index in [2.05, 4.69) is 5.32 Å². The number of amides is 3. The molecule has 25 heavy (non-hydrogen) atoms. The molecule has 3 amide bonds. The Balaban J connectivity index is 1.55. The molecule has 2 fully saturated rings. The van der Waals surface area contributed by atoms with Crippen LogP contribution in [0.2, 0.25) is 0 Å². The number of imide groups is 1. The fourth-order valence-corrected chi connectivity index (χ4v) is 4.76. The summed E-state index contributed by atoms with van der Waals surface area (Å²) in [4.78, 5) is 37.9. The van der Waals surface area contributed by atoms with Crippen molar-refractivity contribution in [3.63, 3.8) is 0 Å². The number of carbonyl (C=O) groups is 3. The lowest BCUT2D eigenvalue weighted by atomic mass is 9.67. The zero-order valence-electron chi connectivity index (χ0n) is 14.3. The first-order valence-electron chi connectivity index (χ1n) is 8.98. The molecule has 2 atom stereocenters. The third-order valence-electron chi connectivity index (χ3n) is 6.03. The predicted octanol–water partition coefficient (Wildman–Crippen LogP) is 1.55. The third kappa shape index (κ3) is 2.65. The molecule has 2 bridgehead atoms. The molecule has 3 N–H and O–H groups in total. The highest BCUT2D eigenvalue weighted by Crippen LogP contribution is 2.39. The van der Waals surface area contributed by atoms with Crippen molar-refractivity contribution < 1.29 is 14.4 Å². The average molecular weight is 341 g/mol. The summed E-state index contributed by atoms with van der Waals surface area (Å²) in [6, 6.07) is 5.14. The Hall–Kier alpha value is -2.21. The second-order valence-electron chi connectivity index (χ2n) is 7.61. The quantitative estimate of drug-likeness (QED) is 0.798. The Bertz CT molecular complexity index is 746. The van der Waals surface area contributed by atoms with Gasteiger partial charge in [0.1, 0.15) is 0 Å². The van der Waals surface area contributed by atoms with Crippen molar-refractivity contribution in [1.29, 1.82) is 0 Å². The molecule has 3 aliphatic rings. The monoisotopic (exact) mass is 341 g/mol. The molecule has 1 aromatic carbocycles. The van der Waals surface area contributed by atoms with E-state index in [4.69, 9.17) is 5.73 Å². The van der Waals surface area contributed by atoms with Gasteiger partial charge < -0.3 is 11.1 Å². The van der Waals surface area contributed by atoms with Crippen LogP contribution in [0.5, 0.6) is 0 Å². The predicted molar refractivity (Wildman–Crippen MR) is 92.2 cm³/mol. The van der Waals surface area contributed by atoms with Gasteiger partial charge in [-0.25, -0.2) is 0 Å². The van der Waals surface area contributed by atoms with Gasteiger partial charge in [-0.15, -0.1) is 0 Å². The second-order valence-corrected chi connectivity index (χ2v) is 7.61. The number of fused-ring (bicyclic) bond motifs is 3. The standard InChI is InChI=1S/C19H23N3O3/c1-22-18(24)14-6-5-12(9-15(14)19(22)25)17(23)21-16-10-3-2-4-11(16)8-13(20)7-10/h5-6,9-11,13,16H,2-4,7-8,20H2,1H3,(H,21,23). The van der Waals surface area contributed by atoms with Crippen LogP contribution in [-0.4, -0.2) is 41.8 Å². The van der Waals surface area contributed by atoms with E-state index in [1.807, 2.05) is 0 Å². The Morgan fingerprint density at radius 1 is 1.12 bits per heavy atom. The SMILES string of the molecule is CN1C(=O)c2ccc(C(=O)NC3C4CCCC3CC(N)C4)cc2C1=O. The molecule has 1 heterocycles. The van der Waals surface area contributed by atoms with Crippen LogP contribution in [0.1, 0.15) is 63.2 Å². The molecule has 2 saturated carbocycles. The molecule has 1 aromatic rings. The van der Waals surface area contributed by atoms with E-state index in [9.17, 15) is 14.4 Å². The molecule has 0 aromatic heterocycles. The molecule has 0 spiro atoms. The molecule has 132 valence electrons. The van der Waals surface area contributed by atoms with Crippen LogP contribution >= 0.6 is 0 Å². The molecule has 6 nitrogen and oxygen atoms in total. The van der Waals surface area contributed by atoms with E-state index in [1.165, 1.54) is 13.5 Å². The largest absolute Gasteiger partial charge is 0.349 e. The number of carbonyl (C=O) groups excluding carboxylic acids is 3. The van der Waals surface area contributed by atoms with Gasteiger partial charge >= 0.3 is 0 Å². The molecular formula is C19H23N3O3. The maximum absolute atomic E-state index is 12.7. The van der Waals surface area contributed by atoms with Crippen molar-refractivity contribution in [2.45, 2.75) is 44.2 Å². The first kappa shape index (κ1) is 16.3. The molecule has 0 radical (unpaired) electrons. The molecule has 1 aliphatic heterocycles. The molecule has 6 heteroatoms. The maximum atomic E-state index is 12.7. The van der Waals surface area contributed by atoms with Gasteiger partial charge in [-0.2, -0.15) is 0 Å². The highest BCUT2D eigenvalue weighted by molar-refractivity contribution is 6.21. The zero-order valence-corrected chi connectivity index (χ0v) is 14.3. The van der Waals surface area contributed by atoms with E-state index in [0.717, 1.165) is 30.6 Å². The topological polar surface area (TPSA) is 92.5 Å². The van der Waals surface area contributed by atoms with Crippen molar-refractivity contribution in [1.82, 2.24) is 10.2 Å². The lowest BCUT2D eigenvalue weighted by Gasteiger charge is -2.45. The van der Waals surface area contributed by atoms with E-state index < -0.39 is 0 Å². The van der Waals surface area contributed by atoms with Crippen LogP contribution in [0.3, 0.4) is 0 Å². The van der Waals surface area contributed by atoms with Gasteiger partial charge in [0, 0.05) is 24.7 Å². The van der Waals surface area contributed by atoms with Crippen molar-refractivity contribution in [2.75, 3.05) is 7.05 Å². The zero-order chi connectivity index (χ0) is 17.7. The first-order chi connectivity index (χ1) is 12.0. The summed E-state index contributed by atoms with van der Waals surface area (Å²) in [6.45, 7) is 0. The van der Waals surface area contributed by atoms with Gasteiger partial charge in [0.05, 0.1) is 11.1 Å². The Labute approximate surface area is 146 Å². The van der Waals surface area contributed by atoms with Gasteiger partial charge in [0.15, 0.2) is 0 Å². The average Bonchev–Trinajstić information content (AvgIpc) is 2.80. The van der Waals surface area contributed by atoms with Gasteiger partial charge in [-0.05, 0) is 55.7 Å². The number of nitrogens with zero attached hydrogens (tertiary/aromatic N) is 1. The summed E-state index contributed by atoms with van der Waals surface area (Å²) in [5, 5.41) is 3.18. The van der Waals surface area contributed by atoms with Crippen LogP contribution in [0.25, 0.3) is 0 Å².